The maximum Gasteiger partial charge on any atom is 0.242 e. The molecule has 0 aliphatic heterocycles. The van der Waals surface area contributed by atoms with Crippen molar-refractivity contribution in [1.29, 1.82) is 0 Å². The average Bonchev–Trinajstić information content (AvgIpc) is 2.99. The summed E-state index contributed by atoms with van der Waals surface area (Å²) in [5.74, 6) is 0.943. The summed E-state index contributed by atoms with van der Waals surface area (Å²) in [5, 5.41) is 6.34. The number of carbonyl (C=O) groups is 1. The van der Waals surface area contributed by atoms with Crippen molar-refractivity contribution in [2.45, 2.75) is 58.0 Å². The third-order valence-electron chi connectivity index (χ3n) is 3.81. The van der Waals surface area contributed by atoms with E-state index in [1.165, 1.54) is 12.8 Å². The van der Waals surface area contributed by atoms with Crippen LogP contribution in [0.5, 0.6) is 5.75 Å². The van der Waals surface area contributed by atoms with Crippen molar-refractivity contribution in [3.8, 4) is 5.75 Å². The Morgan fingerprint density at radius 1 is 1.29 bits per heavy atom. The van der Waals surface area contributed by atoms with Gasteiger partial charge in [-0.25, -0.2) is 0 Å². The van der Waals surface area contributed by atoms with Crippen LogP contribution in [0.4, 0.5) is 5.69 Å². The van der Waals surface area contributed by atoms with Crippen molar-refractivity contribution in [1.82, 2.24) is 5.32 Å². The third-order valence-corrected chi connectivity index (χ3v) is 3.81. The lowest BCUT2D eigenvalue weighted by Crippen LogP contribution is -2.42. The van der Waals surface area contributed by atoms with Gasteiger partial charge < -0.3 is 15.4 Å². The minimum atomic E-state index is -0.229. The molecule has 1 aliphatic carbocycles. The molecule has 0 bridgehead atoms. The Morgan fingerprint density at radius 3 is 2.57 bits per heavy atom. The third kappa shape index (κ3) is 4.96. The Bertz CT molecular complexity index is 439. The predicted octanol–water partition coefficient (Wildman–Crippen LogP) is 3.33. The molecule has 0 saturated heterocycles. The first kappa shape index (κ1) is 15.7. The van der Waals surface area contributed by atoms with Gasteiger partial charge >= 0.3 is 0 Å². The molecule has 0 spiro atoms. The van der Waals surface area contributed by atoms with E-state index in [2.05, 4.69) is 17.6 Å². The number of ether oxygens (including phenoxy) is 1. The number of hydrogen-bond donors (Lipinski definition) is 2. The number of anilines is 1. The largest absolute Gasteiger partial charge is 0.494 e. The molecule has 116 valence electrons. The monoisotopic (exact) mass is 290 g/mol. The lowest BCUT2D eigenvalue weighted by molar-refractivity contribution is -0.122. The molecule has 1 aromatic carbocycles. The quantitative estimate of drug-likeness (QED) is 0.810. The summed E-state index contributed by atoms with van der Waals surface area (Å²) in [5.41, 5.74) is 0.938. The first-order valence-corrected chi connectivity index (χ1v) is 7.99. The molecule has 2 N–H and O–H groups in total. The van der Waals surface area contributed by atoms with Crippen LogP contribution in [0.15, 0.2) is 24.3 Å². The molecule has 1 fully saturated rings. The van der Waals surface area contributed by atoms with Crippen LogP contribution >= 0.6 is 0 Å². The molecule has 2 rings (SSSR count). The topological polar surface area (TPSA) is 50.4 Å². The molecule has 0 radical (unpaired) electrons. The highest BCUT2D eigenvalue weighted by Gasteiger charge is 2.20. The fourth-order valence-electron chi connectivity index (χ4n) is 2.58. The van der Waals surface area contributed by atoms with Crippen molar-refractivity contribution in [3.63, 3.8) is 0 Å². The molecule has 0 aromatic heterocycles. The average molecular weight is 290 g/mol. The van der Waals surface area contributed by atoms with Gasteiger partial charge in [0, 0.05) is 11.7 Å². The van der Waals surface area contributed by atoms with Crippen LogP contribution in [-0.2, 0) is 4.79 Å². The van der Waals surface area contributed by atoms with Gasteiger partial charge in [0.05, 0.1) is 6.61 Å². The molecule has 1 amide bonds. The highest BCUT2D eigenvalue weighted by molar-refractivity contribution is 5.84. The number of rotatable bonds is 7. The molecular formula is C17H26N2O2. The first-order valence-electron chi connectivity index (χ1n) is 7.99. The zero-order valence-electron chi connectivity index (χ0n) is 13.0. The minimum absolute atomic E-state index is 0.0770. The second kappa shape index (κ2) is 7.91. The van der Waals surface area contributed by atoms with Crippen LogP contribution in [-0.4, -0.2) is 24.6 Å². The van der Waals surface area contributed by atoms with E-state index in [0.29, 0.717) is 6.04 Å². The van der Waals surface area contributed by atoms with Crippen LogP contribution < -0.4 is 15.4 Å². The van der Waals surface area contributed by atoms with Gasteiger partial charge in [-0.1, -0.05) is 19.8 Å². The second-order valence-electron chi connectivity index (χ2n) is 5.73. The zero-order chi connectivity index (χ0) is 15.1. The molecule has 1 atom stereocenters. The normalized spacial score (nSPS) is 16.5. The fourth-order valence-corrected chi connectivity index (χ4v) is 2.58. The summed E-state index contributed by atoms with van der Waals surface area (Å²) < 4.78 is 5.54. The molecule has 4 heteroatoms. The van der Waals surface area contributed by atoms with Crippen molar-refractivity contribution in [2.75, 3.05) is 11.9 Å². The lowest BCUT2D eigenvalue weighted by Gasteiger charge is -2.18. The fraction of sp³-hybridized carbons (Fsp3) is 0.588. The van der Waals surface area contributed by atoms with Crippen LogP contribution in [0.2, 0.25) is 0 Å². The maximum atomic E-state index is 12.1. The van der Waals surface area contributed by atoms with Gasteiger partial charge in [0.2, 0.25) is 5.91 Å². The summed E-state index contributed by atoms with van der Waals surface area (Å²) in [6.07, 6.45) is 5.68. The van der Waals surface area contributed by atoms with Crippen molar-refractivity contribution in [2.24, 2.45) is 0 Å². The Balaban J connectivity index is 1.80. The minimum Gasteiger partial charge on any atom is -0.494 e. The lowest BCUT2D eigenvalue weighted by atomic mass is 10.2. The number of carbonyl (C=O) groups excluding carboxylic acids is 1. The van der Waals surface area contributed by atoms with Crippen LogP contribution in [0.1, 0.15) is 46.0 Å². The first-order chi connectivity index (χ1) is 10.2. The van der Waals surface area contributed by atoms with Gasteiger partial charge in [0.1, 0.15) is 11.8 Å². The smallest absolute Gasteiger partial charge is 0.242 e. The molecule has 1 aromatic rings. The SMILES string of the molecule is CCCOc1ccc(NC(C)C(=O)NC2CCCC2)cc1. The van der Waals surface area contributed by atoms with Gasteiger partial charge in [-0.05, 0) is 50.5 Å². The van der Waals surface area contributed by atoms with Gasteiger partial charge in [-0.15, -0.1) is 0 Å². The van der Waals surface area contributed by atoms with Crippen LogP contribution in [0, 0.1) is 0 Å². The molecule has 4 nitrogen and oxygen atoms in total. The molecule has 0 heterocycles. The number of nitrogens with one attached hydrogen (secondary N) is 2. The molecule has 1 unspecified atom stereocenters. The van der Waals surface area contributed by atoms with E-state index in [9.17, 15) is 4.79 Å². The van der Waals surface area contributed by atoms with Crippen molar-refractivity contribution < 1.29 is 9.53 Å². The highest BCUT2D eigenvalue weighted by atomic mass is 16.5. The number of amides is 1. The molecule has 1 saturated carbocycles. The number of benzene rings is 1. The zero-order valence-corrected chi connectivity index (χ0v) is 13.0. The summed E-state index contributed by atoms with van der Waals surface area (Å²) in [7, 11) is 0. The van der Waals surface area contributed by atoms with Gasteiger partial charge in [0.25, 0.3) is 0 Å². The van der Waals surface area contributed by atoms with Crippen LogP contribution in [0.25, 0.3) is 0 Å². The summed E-state index contributed by atoms with van der Waals surface area (Å²) in [4.78, 5) is 12.1. The van der Waals surface area contributed by atoms with E-state index < -0.39 is 0 Å². The summed E-state index contributed by atoms with van der Waals surface area (Å²) >= 11 is 0. The van der Waals surface area contributed by atoms with Crippen molar-refractivity contribution in [3.05, 3.63) is 24.3 Å². The summed E-state index contributed by atoms with van der Waals surface area (Å²) in [6.45, 7) is 4.71. The predicted molar refractivity (Wildman–Crippen MR) is 85.7 cm³/mol. The van der Waals surface area contributed by atoms with E-state index in [1.807, 2.05) is 31.2 Å². The molecular weight excluding hydrogens is 264 g/mol. The Labute approximate surface area is 127 Å². The number of hydrogen-bond acceptors (Lipinski definition) is 3. The Kier molecular flexibility index (Phi) is 5.90. The van der Waals surface area contributed by atoms with E-state index in [1.54, 1.807) is 0 Å². The standard InChI is InChI=1S/C17H26N2O2/c1-3-12-21-16-10-8-15(9-11-16)18-13(2)17(20)19-14-6-4-5-7-14/h8-11,13-14,18H,3-7,12H2,1-2H3,(H,19,20). The van der Waals surface area contributed by atoms with E-state index in [0.717, 1.165) is 37.3 Å². The molecule has 21 heavy (non-hydrogen) atoms. The summed E-state index contributed by atoms with van der Waals surface area (Å²) in [6, 6.07) is 7.90. The van der Waals surface area contributed by atoms with E-state index in [4.69, 9.17) is 4.74 Å². The highest BCUT2D eigenvalue weighted by Crippen LogP contribution is 2.19. The van der Waals surface area contributed by atoms with Crippen LogP contribution in [0.3, 0.4) is 0 Å². The maximum absolute atomic E-state index is 12.1. The second-order valence-corrected chi connectivity index (χ2v) is 5.73. The van der Waals surface area contributed by atoms with Gasteiger partial charge in [0.15, 0.2) is 0 Å². The van der Waals surface area contributed by atoms with Gasteiger partial charge in [-0.3, -0.25) is 4.79 Å². The van der Waals surface area contributed by atoms with Gasteiger partial charge in [-0.2, -0.15) is 0 Å². The van der Waals surface area contributed by atoms with Crippen molar-refractivity contribution >= 4 is 11.6 Å². The van der Waals surface area contributed by atoms with E-state index >= 15 is 0 Å². The molecule has 1 aliphatic rings. The Morgan fingerprint density at radius 2 is 1.95 bits per heavy atom. The Hall–Kier alpha value is -1.71. The van der Waals surface area contributed by atoms with E-state index in [-0.39, 0.29) is 11.9 Å².